The molecule has 0 spiro atoms. The van der Waals surface area contributed by atoms with Gasteiger partial charge in [0.2, 0.25) is 5.12 Å². The summed E-state index contributed by atoms with van der Waals surface area (Å²) < 4.78 is 0. The number of hydrogen-bond acceptors (Lipinski definition) is 3. The smallest absolute Gasteiger partial charge is 0.224 e. The Hall–Kier alpha value is -1.29. The van der Waals surface area contributed by atoms with Crippen LogP contribution in [0, 0.1) is 0 Å². The number of rotatable bonds is 3. The lowest BCUT2D eigenvalue weighted by Gasteiger charge is -2.03. The summed E-state index contributed by atoms with van der Waals surface area (Å²) in [4.78, 5) is 23.4. The van der Waals surface area contributed by atoms with Crippen LogP contribution >= 0.6 is 35.0 Å². The molecule has 0 bridgehead atoms. The summed E-state index contributed by atoms with van der Waals surface area (Å²) in [5.74, 6) is 0. The summed E-state index contributed by atoms with van der Waals surface area (Å²) >= 11 is 12.7. The Balaban J connectivity index is 2.20. The molecule has 0 amide bonds. The molecule has 0 saturated heterocycles. The molecule has 0 aromatic heterocycles. The van der Waals surface area contributed by atoms with E-state index in [1.165, 1.54) is 0 Å². The van der Waals surface area contributed by atoms with Gasteiger partial charge in [0.15, 0.2) is 0 Å². The van der Waals surface area contributed by atoms with Crippen molar-refractivity contribution < 1.29 is 9.59 Å². The number of benzene rings is 2. The first-order valence-electron chi connectivity index (χ1n) is 5.32. The molecule has 0 fully saturated rings. The molecule has 0 unspecified atom stereocenters. The minimum atomic E-state index is -0.151. The van der Waals surface area contributed by atoms with Crippen LogP contribution in [-0.2, 0) is 0 Å². The molecule has 0 atom stereocenters. The van der Waals surface area contributed by atoms with Crippen LogP contribution in [0.25, 0.3) is 0 Å². The maximum absolute atomic E-state index is 12.0. The van der Waals surface area contributed by atoms with Crippen molar-refractivity contribution in [3.63, 3.8) is 0 Å². The topological polar surface area (TPSA) is 34.1 Å². The van der Waals surface area contributed by atoms with Gasteiger partial charge in [0.05, 0.1) is 10.0 Å². The maximum atomic E-state index is 12.0. The quantitative estimate of drug-likeness (QED) is 0.606. The van der Waals surface area contributed by atoms with E-state index in [4.69, 9.17) is 23.2 Å². The van der Waals surface area contributed by atoms with E-state index < -0.39 is 0 Å². The summed E-state index contributed by atoms with van der Waals surface area (Å²) in [5, 5.41) is 0.699. The van der Waals surface area contributed by atoms with Crippen molar-refractivity contribution in [1.29, 1.82) is 0 Å². The van der Waals surface area contributed by atoms with Gasteiger partial charge in [-0.2, -0.15) is 0 Å². The largest absolute Gasteiger partial charge is 0.298 e. The second-order valence-electron chi connectivity index (χ2n) is 3.71. The highest BCUT2D eigenvalue weighted by Crippen LogP contribution is 2.29. The molecule has 0 heterocycles. The summed E-state index contributed by atoms with van der Waals surface area (Å²) in [6.45, 7) is 0. The van der Waals surface area contributed by atoms with Crippen LogP contribution in [0.4, 0.5) is 0 Å². The summed E-state index contributed by atoms with van der Waals surface area (Å²) in [6.07, 6.45) is 0.709. The van der Waals surface area contributed by atoms with Crippen molar-refractivity contribution in [2.45, 2.75) is 4.90 Å². The number of carbonyl (C=O) groups is 2. The standard InChI is InChI=1S/C14H8Cl2O2S/c15-12-5-4-11(7-13(12)16)19-14(18)10-3-1-2-9(6-10)8-17/h1-8H. The van der Waals surface area contributed by atoms with Crippen molar-refractivity contribution >= 4 is 46.4 Å². The van der Waals surface area contributed by atoms with Crippen molar-refractivity contribution in [2.75, 3.05) is 0 Å². The Labute approximate surface area is 124 Å². The zero-order valence-corrected chi connectivity index (χ0v) is 11.9. The van der Waals surface area contributed by atoms with Crippen LogP contribution in [0.3, 0.4) is 0 Å². The Morgan fingerprint density at radius 3 is 2.53 bits per heavy atom. The third kappa shape index (κ3) is 3.60. The Morgan fingerprint density at radius 1 is 1.05 bits per heavy atom. The molecule has 0 aliphatic carbocycles. The fraction of sp³-hybridized carbons (Fsp3) is 0. The van der Waals surface area contributed by atoms with Crippen molar-refractivity contribution in [1.82, 2.24) is 0 Å². The van der Waals surface area contributed by atoms with Gasteiger partial charge >= 0.3 is 0 Å². The zero-order chi connectivity index (χ0) is 13.8. The van der Waals surface area contributed by atoms with Crippen molar-refractivity contribution in [3.05, 3.63) is 63.6 Å². The van der Waals surface area contributed by atoms with Crippen LogP contribution in [0.15, 0.2) is 47.4 Å². The number of aldehydes is 1. The normalized spacial score (nSPS) is 10.2. The number of carbonyl (C=O) groups excluding carboxylic acids is 2. The second kappa shape index (κ2) is 6.24. The predicted molar refractivity (Wildman–Crippen MR) is 78.5 cm³/mol. The molecule has 5 heteroatoms. The van der Waals surface area contributed by atoms with Gasteiger partial charge in [-0.25, -0.2) is 0 Å². The van der Waals surface area contributed by atoms with Gasteiger partial charge in [-0.3, -0.25) is 9.59 Å². The van der Waals surface area contributed by atoms with Crippen molar-refractivity contribution in [3.8, 4) is 0 Å². The highest BCUT2D eigenvalue weighted by atomic mass is 35.5. The highest BCUT2D eigenvalue weighted by Gasteiger charge is 2.10. The molecule has 0 saturated carbocycles. The Bertz CT molecular complexity index is 641. The molecule has 0 aliphatic rings. The average Bonchev–Trinajstić information content (AvgIpc) is 2.43. The third-order valence-corrected chi connectivity index (χ3v) is 4.01. The average molecular weight is 311 g/mol. The molecule has 2 aromatic carbocycles. The fourth-order valence-electron chi connectivity index (χ4n) is 1.45. The SMILES string of the molecule is O=Cc1cccc(C(=O)Sc2ccc(Cl)c(Cl)c2)c1. The lowest BCUT2D eigenvalue weighted by molar-refractivity contribution is 0.108. The molecule has 2 aromatic rings. The maximum Gasteiger partial charge on any atom is 0.224 e. The van der Waals surface area contributed by atoms with Crippen LogP contribution in [-0.4, -0.2) is 11.4 Å². The van der Waals surface area contributed by atoms with Gasteiger partial charge in [-0.1, -0.05) is 41.4 Å². The van der Waals surface area contributed by atoms with Crippen LogP contribution in [0.2, 0.25) is 10.0 Å². The zero-order valence-electron chi connectivity index (χ0n) is 9.60. The monoisotopic (exact) mass is 310 g/mol. The second-order valence-corrected chi connectivity index (χ2v) is 5.57. The van der Waals surface area contributed by atoms with Gasteiger partial charge in [0, 0.05) is 16.0 Å². The summed E-state index contributed by atoms with van der Waals surface area (Å²) in [6, 6.07) is 11.5. The molecular formula is C14H8Cl2O2S. The summed E-state index contributed by atoms with van der Waals surface area (Å²) in [7, 11) is 0. The van der Waals surface area contributed by atoms with Gasteiger partial charge < -0.3 is 0 Å². The van der Waals surface area contributed by atoms with E-state index in [9.17, 15) is 9.59 Å². The first-order valence-corrected chi connectivity index (χ1v) is 6.90. The number of thioether (sulfide) groups is 1. The van der Waals surface area contributed by atoms with E-state index in [0.717, 1.165) is 11.8 Å². The van der Waals surface area contributed by atoms with E-state index in [2.05, 4.69) is 0 Å². The van der Waals surface area contributed by atoms with Crippen LogP contribution in [0.5, 0.6) is 0 Å². The van der Waals surface area contributed by atoms with Gasteiger partial charge in [-0.05, 0) is 36.0 Å². The Kier molecular flexibility index (Phi) is 4.64. The fourth-order valence-corrected chi connectivity index (χ4v) is 2.58. The van der Waals surface area contributed by atoms with Crippen molar-refractivity contribution in [2.24, 2.45) is 0 Å². The Morgan fingerprint density at radius 2 is 1.84 bits per heavy atom. The molecule has 2 nitrogen and oxygen atoms in total. The van der Waals surface area contributed by atoms with E-state index in [0.29, 0.717) is 32.4 Å². The lowest BCUT2D eigenvalue weighted by atomic mass is 10.1. The van der Waals surface area contributed by atoms with Crippen LogP contribution in [0.1, 0.15) is 20.7 Å². The first kappa shape index (κ1) is 14.1. The van der Waals surface area contributed by atoms with Gasteiger partial charge in [0.25, 0.3) is 0 Å². The molecule has 0 N–H and O–H groups in total. The minimum Gasteiger partial charge on any atom is -0.298 e. The van der Waals surface area contributed by atoms with E-state index in [1.54, 1.807) is 42.5 Å². The number of hydrogen-bond donors (Lipinski definition) is 0. The summed E-state index contributed by atoms with van der Waals surface area (Å²) in [5.41, 5.74) is 0.946. The minimum absolute atomic E-state index is 0.151. The molecule has 96 valence electrons. The molecule has 0 aliphatic heterocycles. The molecule has 19 heavy (non-hydrogen) atoms. The lowest BCUT2D eigenvalue weighted by Crippen LogP contribution is -1.94. The first-order chi connectivity index (χ1) is 9.10. The van der Waals surface area contributed by atoms with E-state index in [1.807, 2.05) is 0 Å². The third-order valence-electron chi connectivity index (χ3n) is 2.36. The van der Waals surface area contributed by atoms with Gasteiger partial charge in [0.1, 0.15) is 6.29 Å². The van der Waals surface area contributed by atoms with Crippen LogP contribution < -0.4 is 0 Å². The van der Waals surface area contributed by atoms with E-state index in [-0.39, 0.29) is 5.12 Å². The van der Waals surface area contributed by atoms with Gasteiger partial charge in [-0.15, -0.1) is 0 Å². The highest BCUT2D eigenvalue weighted by molar-refractivity contribution is 8.14. The predicted octanol–water partition coefficient (Wildman–Crippen LogP) is 4.74. The molecule has 2 rings (SSSR count). The molecule has 0 radical (unpaired) electrons. The number of halogens is 2. The molecular weight excluding hydrogens is 303 g/mol. The van der Waals surface area contributed by atoms with E-state index >= 15 is 0 Å².